The summed E-state index contributed by atoms with van der Waals surface area (Å²) < 4.78 is 10.6. The van der Waals surface area contributed by atoms with Gasteiger partial charge in [-0.15, -0.1) is 5.10 Å². The minimum Gasteiger partial charge on any atom is -0.497 e. The Kier molecular flexibility index (Phi) is 4.87. The Hall–Kier alpha value is -2.64. The van der Waals surface area contributed by atoms with Gasteiger partial charge in [0.05, 0.1) is 13.7 Å². The number of amides is 1. The van der Waals surface area contributed by atoms with Crippen molar-refractivity contribution in [2.75, 3.05) is 19.0 Å². The third-order valence-corrected chi connectivity index (χ3v) is 2.47. The van der Waals surface area contributed by atoms with Gasteiger partial charge in [0, 0.05) is 6.42 Å². The van der Waals surface area contributed by atoms with E-state index in [1.54, 1.807) is 7.11 Å². The van der Waals surface area contributed by atoms with Crippen molar-refractivity contribution in [2.24, 2.45) is 0 Å². The van der Waals surface area contributed by atoms with Gasteiger partial charge in [0.2, 0.25) is 5.91 Å². The first-order chi connectivity index (χ1) is 9.78. The number of methoxy groups -OCH3 is 1. The van der Waals surface area contributed by atoms with Gasteiger partial charge < -0.3 is 9.47 Å². The van der Waals surface area contributed by atoms with Crippen LogP contribution in [-0.2, 0) is 4.79 Å². The Labute approximate surface area is 115 Å². The van der Waals surface area contributed by atoms with Crippen LogP contribution in [0.3, 0.4) is 0 Å². The molecule has 0 aliphatic carbocycles. The lowest BCUT2D eigenvalue weighted by atomic mass is 10.3. The van der Waals surface area contributed by atoms with Crippen molar-refractivity contribution in [1.29, 1.82) is 0 Å². The maximum absolute atomic E-state index is 11.5. The van der Waals surface area contributed by atoms with Crippen molar-refractivity contribution in [1.82, 2.24) is 20.6 Å². The number of benzene rings is 1. The van der Waals surface area contributed by atoms with Gasteiger partial charge in [0.1, 0.15) is 11.5 Å². The van der Waals surface area contributed by atoms with Crippen molar-refractivity contribution >= 4 is 11.9 Å². The fourth-order valence-electron chi connectivity index (χ4n) is 1.50. The molecule has 1 aromatic heterocycles. The normalized spacial score (nSPS) is 10.1. The lowest BCUT2D eigenvalue weighted by Crippen LogP contribution is -2.13. The first-order valence-electron chi connectivity index (χ1n) is 6.08. The number of H-pyrrole nitrogens is 1. The number of tetrazole rings is 1. The van der Waals surface area contributed by atoms with E-state index >= 15 is 0 Å². The van der Waals surface area contributed by atoms with E-state index in [4.69, 9.17) is 9.47 Å². The van der Waals surface area contributed by atoms with E-state index in [0.29, 0.717) is 19.4 Å². The average molecular weight is 277 g/mol. The molecule has 0 radical (unpaired) electrons. The fourth-order valence-corrected chi connectivity index (χ4v) is 1.50. The summed E-state index contributed by atoms with van der Waals surface area (Å²) in [7, 11) is 1.61. The highest BCUT2D eigenvalue weighted by molar-refractivity contribution is 5.88. The van der Waals surface area contributed by atoms with Gasteiger partial charge in [-0.3, -0.25) is 10.1 Å². The van der Waals surface area contributed by atoms with Gasteiger partial charge in [-0.25, -0.2) is 0 Å². The van der Waals surface area contributed by atoms with Crippen molar-refractivity contribution in [2.45, 2.75) is 12.8 Å². The van der Waals surface area contributed by atoms with Crippen LogP contribution < -0.4 is 14.8 Å². The third kappa shape index (κ3) is 4.23. The summed E-state index contributed by atoms with van der Waals surface area (Å²) in [4.78, 5) is 11.5. The number of carbonyl (C=O) groups is 1. The van der Waals surface area contributed by atoms with Crippen molar-refractivity contribution in [3.8, 4) is 11.5 Å². The molecule has 0 spiro atoms. The zero-order chi connectivity index (χ0) is 14.2. The van der Waals surface area contributed by atoms with Crippen LogP contribution in [0.4, 0.5) is 5.95 Å². The van der Waals surface area contributed by atoms with Crippen molar-refractivity contribution < 1.29 is 14.3 Å². The molecule has 1 heterocycles. The van der Waals surface area contributed by atoms with Crippen LogP contribution in [0, 0.1) is 0 Å². The molecule has 20 heavy (non-hydrogen) atoms. The quantitative estimate of drug-likeness (QED) is 0.732. The molecule has 2 N–H and O–H groups in total. The molecule has 2 rings (SSSR count). The Morgan fingerprint density at radius 2 is 2.05 bits per heavy atom. The monoisotopic (exact) mass is 277 g/mol. The predicted octanol–water partition coefficient (Wildman–Crippen LogP) is 1.01. The molecule has 2 aromatic rings. The van der Waals surface area contributed by atoms with Crippen LogP contribution >= 0.6 is 0 Å². The van der Waals surface area contributed by atoms with E-state index in [1.807, 2.05) is 24.3 Å². The highest BCUT2D eigenvalue weighted by atomic mass is 16.5. The number of hydrogen-bond donors (Lipinski definition) is 2. The second-order valence-corrected chi connectivity index (χ2v) is 3.91. The van der Waals surface area contributed by atoms with Gasteiger partial charge in [0.15, 0.2) is 0 Å². The van der Waals surface area contributed by atoms with Crippen LogP contribution in [0.2, 0.25) is 0 Å². The van der Waals surface area contributed by atoms with Gasteiger partial charge >= 0.3 is 0 Å². The largest absolute Gasteiger partial charge is 0.497 e. The number of aromatic nitrogens is 4. The standard InChI is InChI=1S/C12H15N5O3/c1-19-9-4-6-10(7-5-9)20-8-2-3-11(18)13-12-14-16-17-15-12/h4-7H,2-3,8H2,1H3,(H2,13,14,15,16,17,18). The van der Waals surface area contributed by atoms with Gasteiger partial charge in [-0.05, 0) is 35.9 Å². The maximum Gasteiger partial charge on any atom is 0.269 e. The van der Waals surface area contributed by atoms with Crippen molar-refractivity contribution in [3.63, 3.8) is 0 Å². The molecule has 0 atom stereocenters. The summed E-state index contributed by atoms with van der Waals surface area (Å²) in [5.41, 5.74) is 0. The SMILES string of the molecule is COc1ccc(OCCCC(=O)Nc2nn[nH]n2)cc1. The number of hydrogen-bond acceptors (Lipinski definition) is 6. The third-order valence-electron chi connectivity index (χ3n) is 2.47. The topological polar surface area (TPSA) is 102 Å². The summed E-state index contributed by atoms with van der Waals surface area (Å²) in [6.07, 6.45) is 0.917. The van der Waals surface area contributed by atoms with E-state index in [2.05, 4.69) is 25.9 Å². The second kappa shape index (κ2) is 7.07. The molecule has 1 aromatic carbocycles. The highest BCUT2D eigenvalue weighted by Crippen LogP contribution is 2.17. The summed E-state index contributed by atoms with van der Waals surface area (Å²) in [6, 6.07) is 7.27. The Bertz CT molecular complexity index is 527. The minimum atomic E-state index is -0.176. The van der Waals surface area contributed by atoms with E-state index in [1.165, 1.54) is 0 Å². The fraction of sp³-hybridized carbons (Fsp3) is 0.333. The number of carbonyl (C=O) groups excluding carboxylic acids is 1. The summed E-state index contributed by atoms with van der Waals surface area (Å²) >= 11 is 0. The molecule has 8 nitrogen and oxygen atoms in total. The van der Waals surface area contributed by atoms with Gasteiger partial charge in [-0.2, -0.15) is 5.21 Å². The van der Waals surface area contributed by atoms with Crippen LogP contribution in [0.5, 0.6) is 11.5 Å². The molecule has 106 valence electrons. The molecule has 0 fully saturated rings. The molecule has 0 bridgehead atoms. The van der Waals surface area contributed by atoms with E-state index in [0.717, 1.165) is 11.5 Å². The molecular weight excluding hydrogens is 262 g/mol. The van der Waals surface area contributed by atoms with E-state index in [-0.39, 0.29) is 11.9 Å². The molecule has 0 aliphatic rings. The zero-order valence-corrected chi connectivity index (χ0v) is 11.0. The number of rotatable bonds is 7. The van der Waals surface area contributed by atoms with Crippen LogP contribution in [0.25, 0.3) is 0 Å². The number of ether oxygens (including phenoxy) is 2. The lowest BCUT2D eigenvalue weighted by molar-refractivity contribution is -0.116. The van der Waals surface area contributed by atoms with Crippen LogP contribution in [0.15, 0.2) is 24.3 Å². The molecular formula is C12H15N5O3. The average Bonchev–Trinajstić information content (AvgIpc) is 2.97. The maximum atomic E-state index is 11.5. The molecule has 0 unspecified atom stereocenters. The Balaban J connectivity index is 1.64. The van der Waals surface area contributed by atoms with E-state index < -0.39 is 0 Å². The Morgan fingerprint density at radius 3 is 2.70 bits per heavy atom. The Morgan fingerprint density at radius 1 is 1.30 bits per heavy atom. The molecule has 0 saturated heterocycles. The second-order valence-electron chi connectivity index (χ2n) is 3.91. The first kappa shape index (κ1) is 13.8. The number of aromatic amines is 1. The van der Waals surface area contributed by atoms with Gasteiger partial charge in [0.25, 0.3) is 5.95 Å². The highest BCUT2D eigenvalue weighted by Gasteiger charge is 2.05. The molecule has 1 amide bonds. The van der Waals surface area contributed by atoms with Crippen LogP contribution in [-0.4, -0.2) is 40.2 Å². The first-order valence-corrected chi connectivity index (χ1v) is 6.08. The summed E-state index contributed by atoms with van der Waals surface area (Å²) in [5.74, 6) is 1.51. The van der Waals surface area contributed by atoms with Gasteiger partial charge in [-0.1, -0.05) is 5.10 Å². The summed E-state index contributed by atoms with van der Waals surface area (Å²) in [5, 5.41) is 15.4. The van der Waals surface area contributed by atoms with Crippen molar-refractivity contribution in [3.05, 3.63) is 24.3 Å². The zero-order valence-electron chi connectivity index (χ0n) is 11.0. The molecule has 0 aliphatic heterocycles. The smallest absolute Gasteiger partial charge is 0.269 e. The van der Waals surface area contributed by atoms with Crippen LogP contribution in [0.1, 0.15) is 12.8 Å². The summed E-state index contributed by atoms with van der Waals surface area (Å²) in [6.45, 7) is 0.450. The lowest BCUT2D eigenvalue weighted by Gasteiger charge is -2.06. The molecule has 8 heteroatoms. The minimum absolute atomic E-state index is 0.172. The number of nitrogens with one attached hydrogen (secondary N) is 2. The number of nitrogens with zero attached hydrogens (tertiary/aromatic N) is 3. The van der Waals surface area contributed by atoms with E-state index in [9.17, 15) is 4.79 Å². The molecule has 0 saturated carbocycles. The predicted molar refractivity (Wildman–Crippen MR) is 70.5 cm³/mol. The number of anilines is 1.